The van der Waals surface area contributed by atoms with Crippen LogP contribution in [0.25, 0.3) is 0 Å². The van der Waals surface area contributed by atoms with Crippen molar-refractivity contribution >= 4 is 35.4 Å². The Labute approximate surface area is 223 Å². The highest BCUT2D eigenvalue weighted by Gasteiger charge is 2.32. The number of amidine groups is 1. The van der Waals surface area contributed by atoms with Gasteiger partial charge in [-0.3, -0.25) is 29.6 Å². The number of nitrogens with one attached hydrogen (secondary N) is 3. The number of carbonyl (C=O) groups excluding carboxylic acids is 4. The van der Waals surface area contributed by atoms with Gasteiger partial charge in [-0.2, -0.15) is 0 Å². The van der Waals surface area contributed by atoms with Crippen LogP contribution in [0.3, 0.4) is 0 Å². The molecule has 4 amide bonds. The van der Waals surface area contributed by atoms with Crippen LogP contribution in [0.5, 0.6) is 0 Å². The largest absolute Gasteiger partial charge is 0.384 e. The Hall–Kier alpha value is -4.16. The fourth-order valence-corrected chi connectivity index (χ4v) is 3.72. The minimum Gasteiger partial charge on any atom is -0.384 e. The van der Waals surface area contributed by atoms with Gasteiger partial charge in [-0.25, -0.2) is 0 Å². The Morgan fingerprint density at radius 2 is 1.61 bits per heavy atom. The summed E-state index contributed by atoms with van der Waals surface area (Å²) < 4.78 is 0. The van der Waals surface area contributed by atoms with Crippen molar-refractivity contribution < 1.29 is 19.2 Å². The van der Waals surface area contributed by atoms with Crippen LogP contribution in [0.4, 0.5) is 0 Å². The van der Waals surface area contributed by atoms with Gasteiger partial charge in [0.05, 0.1) is 0 Å². The second-order valence-corrected chi connectivity index (χ2v) is 9.22. The molecule has 13 heteroatoms. The fourth-order valence-electron chi connectivity index (χ4n) is 3.72. The highest BCUT2D eigenvalue weighted by molar-refractivity contribution is 6.02. The topological polar surface area (TPSA) is 236 Å². The number of nitrogens with zero attached hydrogens (tertiary/aromatic N) is 2. The van der Waals surface area contributed by atoms with E-state index < -0.39 is 41.6 Å². The van der Waals surface area contributed by atoms with E-state index in [4.69, 9.17) is 28.3 Å². The van der Waals surface area contributed by atoms with E-state index in [0.29, 0.717) is 30.4 Å². The number of aliphatic imine (C=N–C) groups is 1. The molecule has 210 valence electrons. The number of nitrogens with two attached hydrogens (primary N) is 4. The molecule has 0 spiro atoms. The molecule has 0 aliphatic carbocycles. The zero-order valence-electron chi connectivity index (χ0n) is 22.3. The van der Waals surface area contributed by atoms with Crippen LogP contribution in [0.1, 0.15) is 50.2 Å². The van der Waals surface area contributed by atoms with E-state index in [1.807, 2.05) is 6.92 Å². The number of benzene rings is 1. The van der Waals surface area contributed by atoms with Crippen LogP contribution in [-0.4, -0.2) is 73.0 Å². The maximum Gasteiger partial charge on any atom is 0.243 e. The number of nitrogen functional groups attached to an aromatic ring is 1. The first kappa shape index (κ1) is 31.9. The standard InChI is InChI=1S/C25H41N9O4/c1-4-5-10-19(23(37)32-18(21(28)35)11-7-12-31-25(29)30)33-22(36)17(24(38)34(2)3)14-15-8-6-9-16(13-15)20(26)27/h6,8-9,13,17-19H,4-5,7,10-12,14H2,1-3H3,(H3,26,27)(H2,28,35)(H,32,37)(H,33,36)(H4,29,30,31)/t17?,18-,19-/m0/s1. The summed E-state index contributed by atoms with van der Waals surface area (Å²) in [6.07, 6.45) is 2.33. The van der Waals surface area contributed by atoms with Gasteiger partial charge < -0.3 is 38.5 Å². The summed E-state index contributed by atoms with van der Waals surface area (Å²) in [6.45, 7) is 2.20. The van der Waals surface area contributed by atoms with Gasteiger partial charge in [0.1, 0.15) is 23.8 Å². The Morgan fingerprint density at radius 1 is 0.974 bits per heavy atom. The molecule has 1 unspecified atom stereocenters. The third kappa shape index (κ3) is 10.8. The summed E-state index contributed by atoms with van der Waals surface area (Å²) in [5, 5.41) is 12.9. The molecule has 0 aliphatic rings. The third-order valence-electron chi connectivity index (χ3n) is 5.82. The van der Waals surface area contributed by atoms with Crippen LogP contribution in [0.15, 0.2) is 29.3 Å². The molecule has 1 rings (SSSR count). The number of unbranched alkanes of at least 4 members (excludes halogenated alkanes) is 1. The number of primary amides is 1. The molecule has 13 nitrogen and oxygen atoms in total. The Morgan fingerprint density at radius 3 is 2.16 bits per heavy atom. The summed E-state index contributed by atoms with van der Waals surface area (Å²) in [6, 6.07) is 4.76. The lowest BCUT2D eigenvalue weighted by Gasteiger charge is -2.25. The first-order valence-corrected chi connectivity index (χ1v) is 12.5. The van der Waals surface area contributed by atoms with E-state index in [1.54, 1.807) is 24.3 Å². The lowest BCUT2D eigenvalue weighted by molar-refractivity contribution is -0.142. The number of guanidine groups is 1. The zero-order chi connectivity index (χ0) is 28.8. The monoisotopic (exact) mass is 531 g/mol. The summed E-state index contributed by atoms with van der Waals surface area (Å²) in [5.74, 6) is -3.72. The maximum atomic E-state index is 13.3. The van der Waals surface area contributed by atoms with Gasteiger partial charge in [0.2, 0.25) is 23.6 Å². The lowest BCUT2D eigenvalue weighted by Crippen LogP contribution is -2.54. The summed E-state index contributed by atoms with van der Waals surface area (Å²) in [5.41, 5.74) is 22.7. The lowest BCUT2D eigenvalue weighted by atomic mass is 9.95. The van der Waals surface area contributed by atoms with E-state index in [0.717, 1.165) is 6.42 Å². The molecule has 0 saturated carbocycles. The second-order valence-electron chi connectivity index (χ2n) is 9.22. The van der Waals surface area contributed by atoms with E-state index >= 15 is 0 Å². The number of hydrogen-bond acceptors (Lipinski definition) is 6. The third-order valence-corrected chi connectivity index (χ3v) is 5.82. The smallest absolute Gasteiger partial charge is 0.243 e. The molecule has 0 heterocycles. The van der Waals surface area contributed by atoms with Crippen molar-refractivity contribution in [2.24, 2.45) is 33.8 Å². The average molecular weight is 532 g/mol. The highest BCUT2D eigenvalue weighted by atomic mass is 16.2. The van der Waals surface area contributed by atoms with Gasteiger partial charge in [-0.05, 0) is 37.3 Å². The first-order chi connectivity index (χ1) is 17.9. The van der Waals surface area contributed by atoms with Crippen molar-refractivity contribution in [1.82, 2.24) is 15.5 Å². The molecule has 0 radical (unpaired) electrons. The molecule has 1 aromatic carbocycles. The van der Waals surface area contributed by atoms with E-state index in [2.05, 4.69) is 15.6 Å². The number of carbonyl (C=O) groups is 4. The Balaban J connectivity index is 3.09. The van der Waals surface area contributed by atoms with E-state index in [1.165, 1.54) is 19.0 Å². The zero-order valence-corrected chi connectivity index (χ0v) is 22.3. The van der Waals surface area contributed by atoms with Crippen LogP contribution >= 0.6 is 0 Å². The van der Waals surface area contributed by atoms with Crippen molar-refractivity contribution in [1.29, 1.82) is 5.41 Å². The Kier molecular flexibility index (Phi) is 13.3. The SMILES string of the molecule is CCCC[C@H](NC(=O)C(Cc1cccc(C(=N)N)c1)C(=O)N(C)C)C(=O)N[C@@H](CCCN=C(N)N)C(N)=O. The quantitative estimate of drug-likeness (QED) is 0.0602. The normalized spacial score (nSPS) is 12.9. The van der Waals surface area contributed by atoms with Crippen molar-refractivity contribution in [3.05, 3.63) is 35.4 Å². The number of amides is 4. The summed E-state index contributed by atoms with van der Waals surface area (Å²) >= 11 is 0. The number of hydrogen-bond donors (Lipinski definition) is 7. The van der Waals surface area contributed by atoms with Crippen molar-refractivity contribution in [3.63, 3.8) is 0 Å². The van der Waals surface area contributed by atoms with Crippen LogP contribution < -0.4 is 33.6 Å². The highest BCUT2D eigenvalue weighted by Crippen LogP contribution is 2.15. The fraction of sp³-hybridized carbons (Fsp3) is 0.520. The van der Waals surface area contributed by atoms with Crippen LogP contribution in [0, 0.1) is 11.3 Å². The van der Waals surface area contributed by atoms with Gasteiger partial charge in [0.25, 0.3) is 0 Å². The molecule has 3 atom stereocenters. The summed E-state index contributed by atoms with van der Waals surface area (Å²) in [4.78, 5) is 56.5. The maximum absolute atomic E-state index is 13.3. The molecule has 0 aromatic heterocycles. The van der Waals surface area contributed by atoms with Crippen molar-refractivity contribution in [3.8, 4) is 0 Å². The van der Waals surface area contributed by atoms with E-state index in [-0.39, 0.29) is 31.2 Å². The molecule has 1 aromatic rings. The molecule has 11 N–H and O–H groups in total. The van der Waals surface area contributed by atoms with Gasteiger partial charge in [-0.15, -0.1) is 0 Å². The van der Waals surface area contributed by atoms with Gasteiger partial charge in [-0.1, -0.05) is 38.0 Å². The number of rotatable bonds is 16. The van der Waals surface area contributed by atoms with E-state index in [9.17, 15) is 19.2 Å². The van der Waals surface area contributed by atoms with Crippen LogP contribution in [0.2, 0.25) is 0 Å². The first-order valence-electron chi connectivity index (χ1n) is 12.5. The van der Waals surface area contributed by atoms with Gasteiger partial charge in [0, 0.05) is 26.2 Å². The predicted molar refractivity (Wildman–Crippen MR) is 146 cm³/mol. The van der Waals surface area contributed by atoms with Gasteiger partial charge in [0.15, 0.2) is 5.96 Å². The second kappa shape index (κ2) is 15.8. The molecular formula is C25H41N9O4. The molecule has 0 fully saturated rings. The molecular weight excluding hydrogens is 490 g/mol. The molecule has 0 aliphatic heterocycles. The van der Waals surface area contributed by atoms with Crippen molar-refractivity contribution in [2.45, 2.75) is 57.5 Å². The molecule has 0 saturated heterocycles. The average Bonchev–Trinajstić information content (AvgIpc) is 2.85. The Bertz CT molecular complexity index is 1020. The van der Waals surface area contributed by atoms with Crippen LogP contribution in [-0.2, 0) is 25.6 Å². The minimum absolute atomic E-state index is 0.0424. The molecule has 38 heavy (non-hydrogen) atoms. The minimum atomic E-state index is -1.13. The molecule has 0 bridgehead atoms. The summed E-state index contributed by atoms with van der Waals surface area (Å²) in [7, 11) is 3.07. The van der Waals surface area contributed by atoms with Crippen molar-refractivity contribution in [2.75, 3.05) is 20.6 Å². The predicted octanol–water partition coefficient (Wildman–Crippen LogP) is -1.08. The van der Waals surface area contributed by atoms with Gasteiger partial charge >= 0.3 is 0 Å².